The summed E-state index contributed by atoms with van der Waals surface area (Å²) >= 11 is 0. The second-order valence-electron chi connectivity index (χ2n) is 9.15. The third-order valence-electron chi connectivity index (χ3n) is 5.88. The second-order valence-corrected chi connectivity index (χ2v) is 9.15. The average Bonchev–Trinajstić information content (AvgIpc) is 3.42. The molecule has 4 rings (SSSR count). The third kappa shape index (κ3) is 5.45. The van der Waals surface area contributed by atoms with Crippen LogP contribution in [0.5, 0.6) is 0 Å². The quantitative estimate of drug-likeness (QED) is 0.680. The number of piperazine rings is 1. The van der Waals surface area contributed by atoms with Gasteiger partial charge in [0.15, 0.2) is 5.76 Å². The van der Waals surface area contributed by atoms with E-state index in [-0.39, 0.29) is 0 Å². The van der Waals surface area contributed by atoms with Crippen molar-refractivity contribution in [3.8, 4) is 0 Å². The van der Waals surface area contributed by atoms with Crippen LogP contribution < -0.4 is 15.5 Å². The monoisotopic (exact) mass is 438 g/mol. The number of amidine groups is 1. The van der Waals surface area contributed by atoms with Crippen LogP contribution in [-0.4, -0.2) is 65.6 Å². The van der Waals surface area contributed by atoms with Crippen LogP contribution in [0.2, 0.25) is 0 Å². The summed E-state index contributed by atoms with van der Waals surface area (Å²) in [6.07, 6.45) is 2.12. The van der Waals surface area contributed by atoms with Crippen molar-refractivity contribution in [2.45, 2.75) is 40.2 Å². The number of aromatic nitrogens is 3. The molecule has 0 saturated carbocycles. The second kappa shape index (κ2) is 9.68. The molecule has 2 aromatic rings. The van der Waals surface area contributed by atoms with Crippen LogP contribution in [0.4, 0.5) is 17.6 Å². The molecule has 0 aliphatic carbocycles. The topological polar surface area (TPSA) is 94.7 Å². The van der Waals surface area contributed by atoms with Gasteiger partial charge in [-0.15, -0.1) is 0 Å². The fraction of sp³-hybridized carbons (Fsp3) is 0.565. The Labute approximate surface area is 190 Å². The van der Waals surface area contributed by atoms with E-state index in [0.29, 0.717) is 24.3 Å². The molecule has 2 aliphatic heterocycles. The van der Waals surface area contributed by atoms with E-state index in [9.17, 15) is 0 Å². The lowest BCUT2D eigenvalue weighted by Crippen LogP contribution is -2.44. The summed E-state index contributed by atoms with van der Waals surface area (Å²) in [6.45, 7) is 13.7. The Bertz CT molecular complexity index is 986. The number of rotatable bonds is 7. The van der Waals surface area contributed by atoms with Crippen molar-refractivity contribution in [2.75, 3.05) is 55.3 Å². The number of hydrogen-bond donors (Lipinski definition) is 2. The van der Waals surface area contributed by atoms with Crippen molar-refractivity contribution in [3.63, 3.8) is 0 Å². The molecule has 172 valence electrons. The zero-order chi connectivity index (χ0) is 22.7. The number of aliphatic imine (C=N–C) groups is 1. The lowest BCUT2D eigenvalue weighted by atomic mass is 10.0. The van der Waals surface area contributed by atoms with Gasteiger partial charge in [0.2, 0.25) is 5.95 Å². The molecule has 9 heteroatoms. The molecular formula is C23H34N8O. The molecule has 4 heterocycles. The number of nitrogens with one attached hydrogen (secondary N) is 2. The van der Waals surface area contributed by atoms with E-state index < -0.39 is 0 Å². The number of likely N-dealkylation sites (N-methyl/N-ethyl adjacent to an activating group) is 1. The SMILES string of the molecule is CC(C)C1=CC(Nc2cc(N3CCN(C)CC3)nc(NCc3cc(C(C)C)no3)n2)=NC1. The summed E-state index contributed by atoms with van der Waals surface area (Å²) in [5, 5.41) is 10.8. The molecule has 2 N–H and O–H groups in total. The molecule has 2 aromatic heterocycles. The van der Waals surface area contributed by atoms with Gasteiger partial charge in [0.25, 0.3) is 0 Å². The van der Waals surface area contributed by atoms with Crippen molar-refractivity contribution in [3.05, 3.63) is 35.2 Å². The third-order valence-corrected chi connectivity index (χ3v) is 5.88. The first-order chi connectivity index (χ1) is 15.4. The first-order valence-electron chi connectivity index (χ1n) is 11.4. The Kier molecular flexibility index (Phi) is 6.74. The smallest absolute Gasteiger partial charge is 0.227 e. The Morgan fingerprint density at radius 2 is 1.81 bits per heavy atom. The molecule has 0 amide bonds. The summed E-state index contributed by atoms with van der Waals surface area (Å²) in [7, 11) is 2.15. The van der Waals surface area contributed by atoms with Gasteiger partial charge < -0.3 is 25.0 Å². The molecule has 1 fully saturated rings. The summed E-state index contributed by atoms with van der Waals surface area (Å²) < 4.78 is 5.45. The molecule has 0 bridgehead atoms. The highest BCUT2D eigenvalue weighted by Crippen LogP contribution is 2.22. The van der Waals surface area contributed by atoms with Crippen LogP contribution >= 0.6 is 0 Å². The molecule has 1 saturated heterocycles. The van der Waals surface area contributed by atoms with Crippen molar-refractivity contribution in [1.29, 1.82) is 0 Å². The van der Waals surface area contributed by atoms with Gasteiger partial charge in [0.1, 0.15) is 17.5 Å². The van der Waals surface area contributed by atoms with Crippen molar-refractivity contribution >= 4 is 23.4 Å². The van der Waals surface area contributed by atoms with Crippen LogP contribution in [0.3, 0.4) is 0 Å². The molecule has 2 aliphatic rings. The highest BCUT2D eigenvalue weighted by Gasteiger charge is 2.19. The van der Waals surface area contributed by atoms with Crippen molar-refractivity contribution in [1.82, 2.24) is 20.0 Å². The minimum Gasteiger partial charge on any atom is -0.359 e. The fourth-order valence-electron chi connectivity index (χ4n) is 3.63. The standard InChI is InChI=1S/C23H34N8O/c1-15(2)17-10-20(24-13-17)26-21-12-22(31-8-6-30(5)7-9-31)28-23(27-21)25-14-18-11-19(16(3)4)29-32-18/h10-12,15-16H,6-9,13-14H2,1-5H3,(H2,24,25,26,27,28). The number of anilines is 3. The normalized spacial score (nSPS) is 17.2. The van der Waals surface area contributed by atoms with Gasteiger partial charge in [0.05, 0.1) is 18.8 Å². The van der Waals surface area contributed by atoms with Gasteiger partial charge in [-0.25, -0.2) is 0 Å². The van der Waals surface area contributed by atoms with Crippen LogP contribution in [0.15, 0.2) is 33.3 Å². The van der Waals surface area contributed by atoms with E-state index in [0.717, 1.165) is 61.6 Å². The first kappa shape index (κ1) is 22.3. The van der Waals surface area contributed by atoms with Gasteiger partial charge >= 0.3 is 0 Å². The average molecular weight is 439 g/mol. The van der Waals surface area contributed by atoms with Crippen molar-refractivity contribution < 1.29 is 4.52 Å². The van der Waals surface area contributed by atoms with Gasteiger partial charge in [-0.2, -0.15) is 9.97 Å². The molecule has 9 nitrogen and oxygen atoms in total. The van der Waals surface area contributed by atoms with Crippen LogP contribution in [0.25, 0.3) is 0 Å². The molecule has 0 atom stereocenters. The Morgan fingerprint density at radius 3 is 2.47 bits per heavy atom. The van der Waals surface area contributed by atoms with E-state index in [1.807, 2.05) is 12.1 Å². The first-order valence-corrected chi connectivity index (χ1v) is 11.4. The predicted molar refractivity (Wildman–Crippen MR) is 129 cm³/mol. The lowest BCUT2D eigenvalue weighted by Gasteiger charge is -2.33. The summed E-state index contributed by atoms with van der Waals surface area (Å²) in [5.41, 5.74) is 2.27. The summed E-state index contributed by atoms with van der Waals surface area (Å²) in [5.74, 6) is 4.62. The van der Waals surface area contributed by atoms with Crippen LogP contribution in [0.1, 0.15) is 45.1 Å². The summed E-state index contributed by atoms with van der Waals surface area (Å²) in [6, 6.07) is 3.98. The van der Waals surface area contributed by atoms with Gasteiger partial charge in [-0.1, -0.05) is 32.9 Å². The Morgan fingerprint density at radius 1 is 1.03 bits per heavy atom. The molecule has 0 aromatic carbocycles. The highest BCUT2D eigenvalue weighted by atomic mass is 16.5. The van der Waals surface area contributed by atoms with Crippen LogP contribution in [-0.2, 0) is 6.54 Å². The highest BCUT2D eigenvalue weighted by molar-refractivity contribution is 6.05. The molecular weight excluding hydrogens is 404 g/mol. The van der Waals surface area contributed by atoms with Crippen LogP contribution in [0, 0.1) is 5.92 Å². The Hall–Kier alpha value is -2.94. The van der Waals surface area contributed by atoms with E-state index >= 15 is 0 Å². The fourth-order valence-corrected chi connectivity index (χ4v) is 3.63. The maximum Gasteiger partial charge on any atom is 0.227 e. The zero-order valence-electron chi connectivity index (χ0n) is 19.7. The van der Waals surface area contributed by atoms with Crippen molar-refractivity contribution in [2.24, 2.45) is 10.9 Å². The Balaban J connectivity index is 1.53. The largest absolute Gasteiger partial charge is 0.359 e. The van der Waals surface area contributed by atoms with E-state index in [1.54, 1.807) is 0 Å². The molecule has 32 heavy (non-hydrogen) atoms. The van der Waals surface area contributed by atoms with E-state index in [2.05, 4.69) is 71.4 Å². The molecule has 0 unspecified atom stereocenters. The van der Waals surface area contributed by atoms with E-state index in [1.165, 1.54) is 5.57 Å². The number of hydrogen-bond acceptors (Lipinski definition) is 9. The molecule has 0 spiro atoms. The van der Waals surface area contributed by atoms with Gasteiger partial charge in [0, 0.05) is 38.3 Å². The maximum atomic E-state index is 5.45. The molecule has 0 radical (unpaired) electrons. The lowest BCUT2D eigenvalue weighted by molar-refractivity contribution is 0.312. The minimum absolute atomic E-state index is 0.330. The zero-order valence-corrected chi connectivity index (χ0v) is 19.7. The van der Waals surface area contributed by atoms with E-state index in [4.69, 9.17) is 14.5 Å². The van der Waals surface area contributed by atoms with Gasteiger partial charge in [-0.05, 0) is 30.5 Å². The maximum absolute atomic E-state index is 5.45. The minimum atomic E-state index is 0.330. The van der Waals surface area contributed by atoms with Gasteiger partial charge in [-0.3, -0.25) is 4.99 Å². The predicted octanol–water partition coefficient (Wildman–Crippen LogP) is 3.36. The number of nitrogens with zero attached hydrogens (tertiary/aromatic N) is 6. The summed E-state index contributed by atoms with van der Waals surface area (Å²) in [4.78, 5) is 18.7.